The third-order valence-electron chi connectivity index (χ3n) is 10.6. The number of amides is 1. The molecule has 0 radical (unpaired) electrons. The second-order valence-electron chi connectivity index (χ2n) is 14.4. The van der Waals surface area contributed by atoms with Crippen LogP contribution in [-0.4, -0.2) is 76.0 Å². The summed E-state index contributed by atoms with van der Waals surface area (Å²) in [5.74, 6) is -0.468. The van der Waals surface area contributed by atoms with Gasteiger partial charge in [0, 0.05) is 48.3 Å². The van der Waals surface area contributed by atoms with Crippen LogP contribution in [0, 0.1) is 11.8 Å². The van der Waals surface area contributed by atoms with Crippen molar-refractivity contribution in [3.8, 4) is 5.75 Å². The Morgan fingerprint density at radius 3 is 2.74 bits per heavy atom. The smallest absolute Gasteiger partial charge is 0.264 e. The van der Waals surface area contributed by atoms with Crippen molar-refractivity contribution in [1.29, 1.82) is 0 Å². The lowest BCUT2D eigenvalue weighted by Gasteiger charge is -2.49. The van der Waals surface area contributed by atoms with E-state index >= 15 is 4.39 Å². The normalized spacial score (nSPS) is 30.7. The van der Waals surface area contributed by atoms with Crippen LogP contribution in [0.5, 0.6) is 5.75 Å². The third kappa shape index (κ3) is 7.07. The number of carbonyl (C=O) groups is 1. The van der Waals surface area contributed by atoms with Crippen molar-refractivity contribution in [2.75, 3.05) is 44.4 Å². The van der Waals surface area contributed by atoms with Crippen LogP contribution in [0.2, 0.25) is 5.02 Å². The van der Waals surface area contributed by atoms with Gasteiger partial charge in [0.2, 0.25) is 10.0 Å². The molecular weight excluding hydrogens is 641 g/mol. The number of hydrogen-bond acceptors (Lipinski definition) is 7. The Labute approximate surface area is 283 Å². The molecule has 1 amide bonds. The molecule has 11 heteroatoms. The molecule has 8 nitrogen and oxygen atoms in total. The van der Waals surface area contributed by atoms with Gasteiger partial charge >= 0.3 is 0 Å². The van der Waals surface area contributed by atoms with E-state index in [2.05, 4.69) is 40.5 Å². The van der Waals surface area contributed by atoms with Crippen LogP contribution in [0.15, 0.2) is 48.3 Å². The van der Waals surface area contributed by atoms with Gasteiger partial charge in [-0.3, -0.25) is 9.69 Å². The van der Waals surface area contributed by atoms with Crippen LogP contribution in [0.1, 0.15) is 74.9 Å². The standard InChI is InChI=1S/C36H47ClFN3O5S/c1-23(2)19-45-20-33-31(38)11-7-24(3)25(4)47(43,44)39-35(42)27-8-12-34-32(17-27)40(18-29-13-15-41(29)33)21-36(22-46-34)14-5-6-26-16-28(37)9-10-30(26)36/h8-12,16-17,23-25,29,33H,5-7,13-15,18-22H2,1-4H3,(H,39,42)/b31-11-/t24-,25+,29-,33-,36-/m0/s1. The summed E-state index contributed by atoms with van der Waals surface area (Å²) in [6.45, 7) is 10.6. The average Bonchev–Trinajstić information content (AvgIpc) is 3.16. The molecule has 0 unspecified atom stereocenters. The molecule has 6 rings (SSSR count). The van der Waals surface area contributed by atoms with E-state index in [1.807, 2.05) is 6.07 Å². The molecule has 47 heavy (non-hydrogen) atoms. The Bertz CT molecular complexity index is 1630. The van der Waals surface area contributed by atoms with Gasteiger partial charge in [-0.05, 0) is 92.3 Å². The fraction of sp³-hybridized carbons (Fsp3) is 0.583. The molecule has 3 aliphatic heterocycles. The van der Waals surface area contributed by atoms with Crippen LogP contribution in [-0.2, 0) is 26.6 Å². The maximum atomic E-state index is 16.2. The first-order chi connectivity index (χ1) is 22.4. The summed E-state index contributed by atoms with van der Waals surface area (Å²) in [6.07, 6.45) is 5.49. The maximum absolute atomic E-state index is 16.2. The van der Waals surface area contributed by atoms with E-state index in [1.165, 1.54) is 17.2 Å². The molecule has 1 N–H and O–H groups in total. The number of allylic oxidation sites excluding steroid dienone is 1. The molecule has 2 aromatic carbocycles. The molecule has 1 spiro atoms. The number of aryl methyl sites for hydroxylation is 1. The fourth-order valence-electron chi connectivity index (χ4n) is 7.54. The van der Waals surface area contributed by atoms with E-state index in [1.54, 1.807) is 32.0 Å². The topological polar surface area (TPSA) is 88.2 Å². The summed E-state index contributed by atoms with van der Waals surface area (Å²) in [6, 6.07) is 10.7. The van der Waals surface area contributed by atoms with Gasteiger partial charge in [0.05, 0.1) is 30.2 Å². The fourth-order valence-corrected chi connectivity index (χ4v) is 9.02. The molecule has 256 valence electrons. The summed E-state index contributed by atoms with van der Waals surface area (Å²) in [7, 11) is -4.04. The lowest BCUT2D eigenvalue weighted by molar-refractivity contribution is -0.00628. The minimum atomic E-state index is -4.04. The molecule has 0 aromatic heterocycles. The SMILES string of the molecule is CC(C)COC[C@H]1/C(F)=C/C[C@H](C)[C@@H](C)S(=O)(=O)NC(=O)c2ccc3c(c2)N(C[C@@H]2CCN21)C[C@@]1(CCCc2cc(Cl)ccc21)CO3. The second kappa shape index (κ2) is 13.7. The number of halogens is 2. The van der Waals surface area contributed by atoms with Gasteiger partial charge in [0.1, 0.15) is 11.6 Å². The zero-order chi connectivity index (χ0) is 33.5. The van der Waals surface area contributed by atoms with Gasteiger partial charge in [-0.2, -0.15) is 0 Å². The lowest BCUT2D eigenvalue weighted by atomic mass is 9.70. The van der Waals surface area contributed by atoms with Crippen molar-refractivity contribution in [3.05, 3.63) is 70.0 Å². The number of benzene rings is 2. The minimum absolute atomic E-state index is 0.0418. The summed E-state index contributed by atoms with van der Waals surface area (Å²) in [5, 5.41) is -0.208. The van der Waals surface area contributed by atoms with Crippen LogP contribution < -0.4 is 14.4 Å². The van der Waals surface area contributed by atoms with E-state index in [4.69, 9.17) is 21.1 Å². The number of ether oxygens (including phenoxy) is 2. The molecule has 3 heterocycles. The molecule has 2 bridgehead atoms. The monoisotopic (exact) mass is 687 g/mol. The zero-order valence-corrected chi connectivity index (χ0v) is 29.4. The Hall–Kier alpha value is -2.66. The highest BCUT2D eigenvalue weighted by atomic mass is 35.5. The molecule has 5 atom stereocenters. The summed E-state index contributed by atoms with van der Waals surface area (Å²) in [5.41, 5.74) is 3.10. The van der Waals surface area contributed by atoms with Crippen LogP contribution in [0.4, 0.5) is 10.1 Å². The first-order valence-corrected chi connectivity index (χ1v) is 18.8. The molecule has 1 fully saturated rings. The van der Waals surface area contributed by atoms with Crippen molar-refractivity contribution in [1.82, 2.24) is 9.62 Å². The predicted molar refractivity (Wildman–Crippen MR) is 184 cm³/mol. The highest BCUT2D eigenvalue weighted by Gasteiger charge is 2.44. The molecule has 1 saturated heterocycles. The van der Waals surface area contributed by atoms with Gasteiger partial charge in [-0.1, -0.05) is 44.5 Å². The molecule has 4 aliphatic rings. The quantitative estimate of drug-likeness (QED) is 0.406. The molecule has 2 aromatic rings. The molecule has 0 saturated carbocycles. The number of anilines is 1. The average molecular weight is 688 g/mol. The number of rotatable bonds is 4. The Morgan fingerprint density at radius 2 is 2.00 bits per heavy atom. The third-order valence-corrected chi connectivity index (χ3v) is 12.7. The number of hydrogen-bond donors (Lipinski definition) is 1. The number of nitrogens with zero attached hydrogens (tertiary/aromatic N) is 2. The summed E-state index contributed by atoms with van der Waals surface area (Å²) >= 11 is 6.42. The Kier molecular flexibility index (Phi) is 9.96. The van der Waals surface area contributed by atoms with Crippen molar-refractivity contribution in [2.24, 2.45) is 11.8 Å². The molecular formula is C36H47ClFN3O5S. The lowest BCUT2D eigenvalue weighted by Crippen LogP contribution is -2.60. The van der Waals surface area contributed by atoms with Crippen molar-refractivity contribution in [3.63, 3.8) is 0 Å². The highest BCUT2D eigenvalue weighted by Crippen LogP contribution is 2.45. The van der Waals surface area contributed by atoms with Gasteiger partial charge in [-0.15, -0.1) is 0 Å². The first-order valence-electron chi connectivity index (χ1n) is 16.9. The van der Waals surface area contributed by atoms with Gasteiger partial charge < -0.3 is 14.4 Å². The number of sulfonamides is 1. The van der Waals surface area contributed by atoms with Crippen molar-refractivity contribution in [2.45, 2.75) is 82.5 Å². The van der Waals surface area contributed by atoms with Crippen LogP contribution in [0.25, 0.3) is 0 Å². The van der Waals surface area contributed by atoms with E-state index in [0.717, 1.165) is 37.9 Å². The van der Waals surface area contributed by atoms with E-state index in [0.29, 0.717) is 43.0 Å². The van der Waals surface area contributed by atoms with E-state index < -0.39 is 33.1 Å². The largest absolute Gasteiger partial charge is 0.490 e. The number of nitrogens with one attached hydrogen (secondary N) is 1. The van der Waals surface area contributed by atoms with Crippen molar-refractivity contribution < 1.29 is 27.1 Å². The second-order valence-corrected chi connectivity index (χ2v) is 16.9. The summed E-state index contributed by atoms with van der Waals surface area (Å²) in [4.78, 5) is 17.9. The minimum Gasteiger partial charge on any atom is -0.490 e. The number of carbonyl (C=O) groups excluding carboxylic acids is 1. The molecule has 1 aliphatic carbocycles. The first kappa shape index (κ1) is 34.2. The van der Waals surface area contributed by atoms with Crippen LogP contribution in [0.3, 0.4) is 0 Å². The van der Waals surface area contributed by atoms with Gasteiger partial charge in [-0.25, -0.2) is 17.5 Å². The number of fused-ring (bicyclic) bond motifs is 4. The Morgan fingerprint density at radius 1 is 1.19 bits per heavy atom. The van der Waals surface area contributed by atoms with Crippen LogP contribution >= 0.6 is 11.6 Å². The van der Waals surface area contributed by atoms with Crippen molar-refractivity contribution >= 4 is 33.2 Å². The van der Waals surface area contributed by atoms with Gasteiger partial charge in [0.25, 0.3) is 5.91 Å². The maximum Gasteiger partial charge on any atom is 0.264 e. The highest BCUT2D eigenvalue weighted by molar-refractivity contribution is 7.90. The Balaban J connectivity index is 1.42. The van der Waals surface area contributed by atoms with E-state index in [9.17, 15) is 13.2 Å². The zero-order valence-electron chi connectivity index (χ0n) is 27.8. The van der Waals surface area contributed by atoms with E-state index in [-0.39, 0.29) is 35.9 Å². The van der Waals surface area contributed by atoms with Gasteiger partial charge in [0.15, 0.2) is 0 Å². The summed E-state index contributed by atoms with van der Waals surface area (Å²) < 4.78 is 57.7. The predicted octanol–water partition coefficient (Wildman–Crippen LogP) is 6.27.